The summed E-state index contributed by atoms with van der Waals surface area (Å²) < 4.78 is 11.6. The van der Waals surface area contributed by atoms with Crippen LogP contribution < -0.4 is 0 Å². The lowest BCUT2D eigenvalue weighted by Gasteiger charge is -2.35. The van der Waals surface area contributed by atoms with Crippen molar-refractivity contribution in [3.8, 4) is 0 Å². The summed E-state index contributed by atoms with van der Waals surface area (Å²) in [6.45, 7) is 4.67. The number of rotatable bonds is 5. The molecule has 0 radical (unpaired) electrons. The average molecular weight is 277 g/mol. The fourth-order valence-corrected chi connectivity index (χ4v) is 6.14. The molecule has 5 heteroatoms. The molecular formula is C12H23NO2S2. The second kappa shape index (κ2) is 6.34. The second-order valence-electron chi connectivity index (χ2n) is 4.89. The maximum atomic E-state index is 12.6. The Morgan fingerprint density at radius 3 is 2.65 bits per heavy atom. The zero-order chi connectivity index (χ0) is 13.1. The van der Waals surface area contributed by atoms with Crippen LogP contribution in [-0.4, -0.2) is 51.1 Å². The highest BCUT2D eigenvalue weighted by Crippen LogP contribution is 2.40. The van der Waals surface area contributed by atoms with Crippen LogP contribution in [0.2, 0.25) is 0 Å². The molecule has 17 heavy (non-hydrogen) atoms. The van der Waals surface area contributed by atoms with Crippen molar-refractivity contribution >= 4 is 28.3 Å². The van der Waals surface area contributed by atoms with Gasteiger partial charge in [0, 0.05) is 29.0 Å². The number of ketones is 1. The van der Waals surface area contributed by atoms with E-state index < -0.39 is 14.9 Å². The van der Waals surface area contributed by atoms with Gasteiger partial charge in [-0.05, 0) is 32.7 Å². The van der Waals surface area contributed by atoms with E-state index in [1.807, 2.05) is 32.8 Å². The van der Waals surface area contributed by atoms with Crippen LogP contribution in [-0.2, 0) is 15.6 Å². The monoisotopic (exact) mass is 277 g/mol. The van der Waals surface area contributed by atoms with Crippen molar-refractivity contribution < 1.29 is 9.00 Å². The van der Waals surface area contributed by atoms with Crippen molar-refractivity contribution in [2.45, 2.75) is 30.8 Å². The Hall–Kier alpha value is 0.130. The Morgan fingerprint density at radius 2 is 2.18 bits per heavy atom. The van der Waals surface area contributed by atoms with Gasteiger partial charge in [0.1, 0.15) is 4.08 Å². The molecule has 1 aliphatic heterocycles. The first-order chi connectivity index (χ1) is 7.94. The van der Waals surface area contributed by atoms with Gasteiger partial charge < -0.3 is 4.90 Å². The van der Waals surface area contributed by atoms with Crippen molar-refractivity contribution in [1.82, 2.24) is 4.90 Å². The Bertz CT molecular complexity index is 307. The number of carbonyl (C=O) groups is 1. The van der Waals surface area contributed by atoms with Gasteiger partial charge >= 0.3 is 0 Å². The molecule has 0 saturated carbocycles. The molecule has 1 saturated heterocycles. The maximum Gasteiger partial charge on any atom is 0.165 e. The van der Waals surface area contributed by atoms with Gasteiger partial charge in [-0.15, -0.1) is 11.8 Å². The van der Waals surface area contributed by atoms with Gasteiger partial charge in [-0.1, -0.05) is 13.8 Å². The molecule has 3 nitrogen and oxygen atoms in total. The second-order valence-corrected chi connectivity index (χ2v) is 8.33. The molecule has 0 amide bonds. The van der Waals surface area contributed by atoms with E-state index in [1.165, 1.54) is 0 Å². The quantitative estimate of drug-likeness (QED) is 0.767. The number of nitrogens with zero attached hydrogens (tertiary/aromatic N) is 1. The highest BCUT2D eigenvalue weighted by molar-refractivity contribution is 8.14. The topological polar surface area (TPSA) is 37.4 Å². The van der Waals surface area contributed by atoms with E-state index in [9.17, 15) is 9.00 Å². The lowest BCUT2D eigenvalue weighted by Crippen LogP contribution is -2.47. The molecule has 0 aromatic carbocycles. The van der Waals surface area contributed by atoms with E-state index >= 15 is 0 Å². The van der Waals surface area contributed by atoms with Crippen LogP contribution in [0.3, 0.4) is 0 Å². The van der Waals surface area contributed by atoms with Gasteiger partial charge in [-0.2, -0.15) is 0 Å². The minimum Gasteiger partial charge on any atom is -0.309 e. The Morgan fingerprint density at radius 1 is 1.53 bits per heavy atom. The third-order valence-corrected chi connectivity index (χ3v) is 7.35. The van der Waals surface area contributed by atoms with E-state index in [4.69, 9.17) is 0 Å². The van der Waals surface area contributed by atoms with Gasteiger partial charge in [0.15, 0.2) is 5.78 Å². The predicted molar refractivity (Wildman–Crippen MR) is 75.8 cm³/mol. The lowest BCUT2D eigenvalue weighted by atomic mass is 10.0. The summed E-state index contributed by atoms with van der Waals surface area (Å²) in [6.07, 6.45) is 1.65. The zero-order valence-corrected chi connectivity index (χ0v) is 12.8. The maximum absolute atomic E-state index is 12.6. The molecule has 0 aromatic rings. The first-order valence-electron chi connectivity index (χ1n) is 6.15. The van der Waals surface area contributed by atoms with Crippen LogP contribution in [0, 0.1) is 5.92 Å². The molecule has 3 atom stereocenters. The molecule has 1 rings (SSSR count). The van der Waals surface area contributed by atoms with Crippen LogP contribution in [0.5, 0.6) is 0 Å². The largest absolute Gasteiger partial charge is 0.309 e. The molecule has 1 heterocycles. The highest BCUT2D eigenvalue weighted by atomic mass is 32.2. The summed E-state index contributed by atoms with van der Waals surface area (Å²) in [4.78, 5) is 14.6. The van der Waals surface area contributed by atoms with Crippen LogP contribution in [0.25, 0.3) is 0 Å². The van der Waals surface area contributed by atoms with Crippen molar-refractivity contribution in [3.05, 3.63) is 0 Å². The molecule has 0 aromatic heterocycles. The number of carbonyl (C=O) groups excluding carboxylic acids is 1. The summed E-state index contributed by atoms with van der Waals surface area (Å²) >= 11 is 1.61. The van der Waals surface area contributed by atoms with E-state index in [1.54, 1.807) is 11.8 Å². The third-order valence-electron chi connectivity index (χ3n) is 3.10. The molecule has 1 unspecified atom stereocenters. The number of Topliss-reactive ketones (excluding diaryl/α,β-unsaturated/α-hetero) is 1. The van der Waals surface area contributed by atoms with Crippen LogP contribution in [0.4, 0.5) is 0 Å². The minimum atomic E-state index is -1.01. The molecule has 100 valence electrons. The Balaban J connectivity index is 2.85. The van der Waals surface area contributed by atoms with Crippen LogP contribution >= 0.6 is 11.8 Å². The summed E-state index contributed by atoms with van der Waals surface area (Å²) in [6, 6.07) is 0. The van der Waals surface area contributed by atoms with Crippen molar-refractivity contribution in [2.24, 2.45) is 5.92 Å². The highest BCUT2D eigenvalue weighted by Gasteiger charge is 2.46. The molecule has 0 aliphatic carbocycles. The van der Waals surface area contributed by atoms with Crippen molar-refractivity contribution in [2.75, 3.05) is 32.1 Å². The van der Waals surface area contributed by atoms with Crippen LogP contribution in [0.1, 0.15) is 26.7 Å². The molecule has 0 bridgehead atoms. The summed E-state index contributed by atoms with van der Waals surface area (Å²) in [5, 5.41) is 0. The summed E-state index contributed by atoms with van der Waals surface area (Å²) in [5.74, 6) is 1.78. The number of hydrogen-bond acceptors (Lipinski definition) is 4. The predicted octanol–water partition coefficient (Wildman–Crippen LogP) is 1.75. The zero-order valence-electron chi connectivity index (χ0n) is 11.2. The molecule has 0 N–H and O–H groups in total. The molecule has 1 aliphatic rings. The van der Waals surface area contributed by atoms with E-state index in [0.717, 1.165) is 18.7 Å². The standard InChI is InChI=1S/C12H23NO2S2/c1-5-12(16-7-6-8-17(12)15)11(14)10(2)9-13(3)4/h10H,5-9H2,1-4H3/t10-,12-,17?/m1/s1. The molecule has 0 spiro atoms. The summed E-state index contributed by atoms with van der Waals surface area (Å²) in [7, 11) is 2.92. The molecular weight excluding hydrogens is 254 g/mol. The van der Waals surface area contributed by atoms with Gasteiger partial charge in [-0.25, -0.2) is 0 Å². The minimum absolute atomic E-state index is 0.0421. The van der Waals surface area contributed by atoms with Gasteiger partial charge in [0.05, 0.1) is 0 Å². The Kier molecular flexibility index (Phi) is 5.67. The molecule has 1 fully saturated rings. The first kappa shape index (κ1) is 15.2. The fraction of sp³-hybridized carbons (Fsp3) is 0.917. The SMILES string of the molecule is CC[C@@]1(C(=O)[C@H](C)CN(C)C)SCCCS1=O. The van der Waals surface area contributed by atoms with Crippen molar-refractivity contribution in [1.29, 1.82) is 0 Å². The summed E-state index contributed by atoms with van der Waals surface area (Å²) in [5.41, 5.74) is 0. The number of hydrogen-bond donors (Lipinski definition) is 0. The van der Waals surface area contributed by atoms with Gasteiger partial charge in [-0.3, -0.25) is 9.00 Å². The van der Waals surface area contributed by atoms with E-state index in [-0.39, 0.29) is 11.7 Å². The fourth-order valence-electron chi connectivity index (χ4n) is 2.28. The van der Waals surface area contributed by atoms with Crippen LogP contribution in [0.15, 0.2) is 0 Å². The third kappa shape index (κ3) is 3.32. The lowest BCUT2D eigenvalue weighted by molar-refractivity contribution is -0.123. The van der Waals surface area contributed by atoms with E-state index in [0.29, 0.717) is 12.2 Å². The normalized spacial score (nSPS) is 31.5. The Labute approximate surface area is 111 Å². The van der Waals surface area contributed by atoms with Gasteiger partial charge in [0.25, 0.3) is 0 Å². The van der Waals surface area contributed by atoms with E-state index in [2.05, 4.69) is 0 Å². The average Bonchev–Trinajstić information content (AvgIpc) is 2.28. The number of thioether (sulfide) groups is 1. The smallest absolute Gasteiger partial charge is 0.165 e. The van der Waals surface area contributed by atoms with Crippen molar-refractivity contribution in [3.63, 3.8) is 0 Å². The van der Waals surface area contributed by atoms with Gasteiger partial charge in [0.2, 0.25) is 0 Å². The first-order valence-corrected chi connectivity index (χ1v) is 8.46.